The minimum Gasteiger partial charge on any atom is -0.371 e. The van der Waals surface area contributed by atoms with Gasteiger partial charge >= 0.3 is 0 Å². The summed E-state index contributed by atoms with van der Waals surface area (Å²) < 4.78 is 0. The van der Waals surface area contributed by atoms with E-state index in [1.807, 2.05) is 12.1 Å². The molecule has 3 unspecified atom stereocenters. The highest BCUT2D eigenvalue weighted by Gasteiger charge is 2.45. The van der Waals surface area contributed by atoms with E-state index >= 15 is 0 Å². The quantitative estimate of drug-likeness (QED) is 0.747. The van der Waals surface area contributed by atoms with Crippen LogP contribution in [0.1, 0.15) is 48.0 Å². The first kappa shape index (κ1) is 19.3. The van der Waals surface area contributed by atoms with Gasteiger partial charge in [-0.3, -0.25) is 19.7 Å². The maximum atomic E-state index is 13.1. The second kappa shape index (κ2) is 7.33. The fourth-order valence-electron chi connectivity index (χ4n) is 6.12. The van der Waals surface area contributed by atoms with E-state index in [1.165, 1.54) is 38.9 Å². The van der Waals surface area contributed by atoms with Crippen LogP contribution in [-0.4, -0.2) is 66.3 Å². The molecule has 31 heavy (non-hydrogen) atoms. The molecule has 4 heterocycles. The van der Waals surface area contributed by atoms with Crippen molar-refractivity contribution in [2.24, 2.45) is 17.8 Å². The van der Waals surface area contributed by atoms with Gasteiger partial charge in [0.05, 0.1) is 0 Å². The highest BCUT2D eigenvalue weighted by atomic mass is 16.2. The summed E-state index contributed by atoms with van der Waals surface area (Å²) in [6, 6.07) is 5.62. The molecule has 1 N–H and O–H groups in total. The number of fused-ring (bicyclic) bond motifs is 2. The number of hydrogen-bond donors (Lipinski definition) is 1. The Kier molecular flexibility index (Phi) is 4.56. The lowest BCUT2D eigenvalue weighted by Crippen LogP contribution is -2.52. The van der Waals surface area contributed by atoms with Crippen molar-refractivity contribution in [2.45, 2.75) is 44.7 Å². The molecule has 1 aliphatic carbocycles. The first-order valence-corrected chi connectivity index (χ1v) is 11.8. The van der Waals surface area contributed by atoms with Crippen LogP contribution in [0.2, 0.25) is 0 Å². The number of likely N-dealkylation sites (tertiary alicyclic amines) is 1. The lowest BCUT2D eigenvalue weighted by molar-refractivity contribution is -0.136. The molecule has 3 atom stereocenters. The van der Waals surface area contributed by atoms with Crippen molar-refractivity contribution < 1.29 is 14.4 Å². The number of carbonyl (C=O) groups is 3. The maximum Gasteiger partial charge on any atom is 0.255 e. The fourth-order valence-corrected chi connectivity index (χ4v) is 6.12. The minimum atomic E-state index is -0.548. The SMILES string of the molecule is O=C1CCC(N2Cc3ccc(N4CCC(CN5CC6CC6C5)CC4)cc3C2=O)C(=O)N1. The zero-order valence-electron chi connectivity index (χ0n) is 17.9. The molecule has 7 nitrogen and oxygen atoms in total. The molecule has 7 heteroatoms. The second-order valence-corrected chi connectivity index (χ2v) is 10.1. The van der Waals surface area contributed by atoms with Gasteiger partial charge in [0, 0.05) is 56.9 Å². The Labute approximate surface area is 182 Å². The zero-order valence-corrected chi connectivity index (χ0v) is 17.9. The predicted octanol–water partition coefficient (Wildman–Crippen LogP) is 1.62. The molecule has 164 valence electrons. The molecule has 1 aromatic carbocycles. The van der Waals surface area contributed by atoms with Crippen LogP contribution in [0.4, 0.5) is 5.69 Å². The largest absolute Gasteiger partial charge is 0.371 e. The number of benzene rings is 1. The van der Waals surface area contributed by atoms with Gasteiger partial charge in [0.1, 0.15) is 6.04 Å². The summed E-state index contributed by atoms with van der Waals surface area (Å²) in [6.45, 7) is 6.42. The summed E-state index contributed by atoms with van der Waals surface area (Å²) in [5.74, 6) is 2.10. The molecule has 1 aromatic rings. The number of hydrogen-bond acceptors (Lipinski definition) is 5. The topological polar surface area (TPSA) is 73.0 Å². The summed E-state index contributed by atoms with van der Waals surface area (Å²) in [5.41, 5.74) is 2.79. The van der Waals surface area contributed by atoms with E-state index in [0.717, 1.165) is 42.1 Å². The number of nitrogens with one attached hydrogen (secondary N) is 1. The summed E-state index contributed by atoms with van der Waals surface area (Å²) in [6.07, 6.45) is 4.57. The van der Waals surface area contributed by atoms with Crippen molar-refractivity contribution in [1.29, 1.82) is 0 Å². The van der Waals surface area contributed by atoms with Crippen LogP contribution < -0.4 is 10.2 Å². The fraction of sp³-hybridized carbons (Fsp3) is 0.625. The monoisotopic (exact) mass is 422 g/mol. The molecule has 4 aliphatic heterocycles. The molecule has 3 saturated heterocycles. The molecular formula is C24H30N4O3. The highest BCUT2D eigenvalue weighted by Crippen LogP contribution is 2.45. The lowest BCUT2D eigenvalue weighted by atomic mass is 9.95. The van der Waals surface area contributed by atoms with Crippen molar-refractivity contribution in [3.8, 4) is 0 Å². The van der Waals surface area contributed by atoms with Gasteiger partial charge in [0.2, 0.25) is 11.8 Å². The third-order valence-electron chi connectivity index (χ3n) is 8.06. The van der Waals surface area contributed by atoms with Crippen LogP contribution in [0.5, 0.6) is 0 Å². The smallest absolute Gasteiger partial charge is 0.255 e. The van der Waals surface area contributed by atoms with Crippen LogP contribution in [0, 0.1) is 17.8 Å². The first-order valence-electron chi connectivity index (χ1n) is 11.8. The minimum absolute atomic E-state index is 0.0890. The van der Waals surface area contributed by atoms with Crippen LogP contribution in [0.15, 0.2) is 18.2 Å². The summed E-state index contributed by atoms with van der Waals surface area (Å²) in [4.78, 5) is 43.5. The van der Waals surface area contributed by atoms with Crippen molar-refractivity contribution in [3.05, 3.63) is 29.3 Å². The Balaban J connectivity index is 1.09. The van der Waals surface area contributed by atoms with E-state index in [2.05, 4.69) is 21.2 Å². The molecule has 3 amide bonds. The molecule has 0 spiro atoms. The number of rotatable bonds is 4. The van der Waals surface area contributed by atoms with Crippen LogP contribution in [0.25, 0.3) is 0 Å². The third-order valence-corrected chi connectivity index (χ3v) is 8.06. The molecule has 0 radical (unpaired) electrons. The number of piperidine rings is 3. The van der Waals surface area contributed by atoms with Crippen LogP contribution >= 0.6 is 0 Å². The highest BCUT2D eigenvalue weighted by molar-refractivity contribution is 6.05. The van der Waals surface area contributed by atoms with Crippen LogP contribution in [-0.2, 0) is 16.1 Å². The van der Waals surface area contributed by atoms with E-state index in [0.29, 0.717) is 18.5 Å². The Bertz CT molecular complexity index is 929. The van der Waals surface area contributed by atoms with E-state index in [4.69, 9.17) is 0 Å². The van der Waals surface area contributed by atoms with Gasteiger partial charge in [0.15, 0.2) is 0 Å². The van der Waals surface area contributed by atoms with Gasteiger partial charge in [-0.05, 0) is 61.1 Å². The maximum absolute atomic E-state index is 13.1. The Hall–Kier alpha value is -2.41. The molecule has 0 bridgehead atoms. The molecule has 6 rings (SSSR count). The van der Waals surface area contributed by atoms with Crippen LogP contribution in [0.3, 0.4) is 0 Å². The number of nitrogens with zero attached hydrogens (tertiary/aromatic N) is 3. The van der Waals surface area contributed by atoms with E-state index < -0.39 is 6.04 Å². The van der Waals surface area contributed by atoms with Gasteiger partial charge in [-0.2, -0.15) is 0 Å². The second-order valence-electron chi connectivity index (χ2n) is 10.1. The van der Waals surface area contributed by atoms with E-state index in [-0.39, 0.29) is 24.1 Å². The number of anilines is 1. The van der Waals surface area contributed by atoms with Crippen molar-refractivity contribution in [3.63, 3.8) is 0 Å². The van der Waals surface area contributed by atoms with Gasteiger partial charge in [-0.15, -0.1) is 0 Å². The normalized spacial score (nSPS) is 31.1. The standard InChI is InChI=1S/C24H30N4O3/c29-22-4-3-21(23(30)25-22)28-14-16-1-2-19(10-20(16)24(28)31)27-7-5-15(6-8-27)11-26-12-17-9-18(17)13-26/h1-2,10,15,17-18,21H,3-9,11-14H2,(H,25,29,30). The first-order chi connectivity index (χ1) is 15.0. The van der Waals surface area contributed by atoms with Gasteiger partial charge < -0.3 is 14.7 Å². The van der Waals surface area contributed by atoms with Crippen molar-refractivity contribution >= 4 is 23.4 Å². The molecular weight excluding hydrogens is 392 g/mol. The van der Waals surface area contributed by atoms with Gasteiger partial charge in [-0.25, -0.2) is 0 Å². The summed E-state index contributed by atoms with van der Waals surface area (Å²) in [5, 5.41) is 2.37. The molecule has 1 saturated carbocycles. The van der Waals surface area contributed by atoms with E-state index in [1.54, 1.807) is 4.90 Å². The average molecular weight is 423 g/mol. The van der Waals surface area contributed by atoms with Gasteiger partial charge in [-0.1, -0.05) is 6.07 Å². The summed E-state index contributed by atoms with van der Waals surface area (Å²) in [7, 11) is 0. The third kappa shape index (κ3) is 3.53. The Morgan fingerprint density at radius 1 is 1.00 bits per heavy atom. The zero-order chi connectivity index (χ0) is 21.1. The Morgan fingerprint density at radius 3 is 2.52 bits per heavy atom. The molecule has 4 fully saturated rings. The molecule has 0 aromatic heterocycles. The predicted molar refractivity (Wildman–Crippen MR) is 115 cm³/mol. The summed E-state index contributed by atoms with van der Waals surface area (Å²) >= 11 is 0. The Morgan fingerprint density at radius 2 is 1.77 bits per heavy atom. The lowest BCUT2D eigenvalue weighted by Gasteiger charge is -2.35. The van der Waals surface area contributed by atoms with Crippen molar-refractivity contribution in [2.75, 3.05) is 37.6 Å². The van der Waals surface area contributed by atoms with Gasteiger partial charge in [0.25, 0.3) is 5.91 Å². The number of imide groups is 1. The number of carbonyl (C=O) groups excluding carboxylic acids is 3. The van der Waals surface area contributed by atoms with Crippen molar-refractivity contribution in [1.82, 2.24) is 15.1 Å². The molecule has 5 aliphatic rings. The average Bonchev–Trinajstić information content (AvgIpc) is 3.24. The number of amides is 3. The van der Waals surface area contributed by atoms with E-state index in [9.17, 15) is 14.4 Å².